The normalized spacial score (nSPS) is 13.9. The molecule has 1 amide bonds. The van der Waals surface area contributed by atoms with Crippen molar-refractivity contribution in [3.63, 3.8) is 0 Å². The van der Waals surface area contributed by atoms with Crippen molar-refractivity contribution >= 4 is 40.5 Å². The highest BCUT2D eigenvalue weighted by Gasteiger charge is 2.31. The molecule has 0 radical (unpaired) electrons. The molecule has 5 nitrogen and oxygen atoms in total. The Morgan fingerprint density at radius 3 is 2.10 bits per heavy atom. The smallest absolute Gasteiger partial charge is 0.261 e. The van der Waals surface area contributed by atoms with Crippen LogP contribution in [-0.2, 0) is 0 Å². The Bertz CT molecular complexity index is 1020. The number of hydrogen-bond donors (Lipinski definition) is 1. The first-order valence-corrected chi connectivity index (χ1v) is 9.64. The molecule has 1 fully saturated rings. The molecule has 0 aliphatic carbocycles. The van der Waals surface area contributed by atoms with Crippen LogP contribution >= 0.6 is 23.8 Å². The van der Waals surface area contributed by atoms with Crippen molar-refractivity contribution in [3.8, 4) is 5.75 Å². The number of carbonyl (C=O) groups excluding carboxylic acids is 1. The van der Waals surface area contributed by atoms with Gasteiger partial charge < -0.3 is 14.5 Å². The lowest BCUT2D eigenvalue weighted by molar-refractivity contribution is 0.0970. The molecule has 166 valence electrons. The summed E-state index contributed by atoms with van der Waals surface area (Å²) in [7, 11) is 1.39. The summed E-state index contributed by atoms with van der Waals surface area (Å²) < 4.78 is 73.4. The highest BCUT2D eigenvalue weighted by molar-refractivity contribution is 7.80. The molecule has 1 N–H and O–H groups in total. The molecule has 0 spiro atoms. The molecule has 0 bridgehead atoms. The van der Waals surface area contributed by atoms with Crippen LogP contribution in [0.2, 0.25) is 5.02 Å². The maximum Gasteiger partial charge on any atom is 0.261 e. The van der Waals surface area contributed by atoms with Crippen LogP contribution in [0.25, 0.3) is 0 Å². The number of thiocarbonyl (C=S) groups is 1. The van der Waals surface area contributed by atoms with E-state index in [1.54, 1.807) is 6.07 Å². The fraction of sp³-hybridized carbons (Fsp3) is 0.263. The Kier molecular flexibility index (Phi) is 6.85. The molecule has 1 aliphatic heterocycles. The van der Waals surface area contributed by atoms with Gasteiger partial charge in [-0.1, -0.05) is 11.6 Å². The highest BCUT2D eigenvalue weighted by Crippen LogP contribution is 2.31. The molecule has 2 aromatic rings. The van der Waals surface area contributed by atoms with Crippen LogP contribution in [0, 0.1) is 29.1 Å². The molecule has 3 rings (SSSR count). The Hall–Kier alpha value is -2.66. The van der Waals surface area contributed by atoms with Gasteiger partial charge >= 0.3 is 0 Å². The number of hydrogen-bond acceptors (Lipinski definition) is 4. The predicted molar refractivity (Wildman–Crippen MR) is 108 cm³/mol. The van der Waals surface area contributed by atoms with Crippen molar-refractivity contribution in [1.82, 2.24) is 10.2 Å². The number of carbonyl (C=O) groups is 1. The van der Waals surface area contributed by atoms with Gasteiger partial charge in [-0.05, 0) is 30.4 Å². The second kappa shape index (κ2) is 9.23. The first-order valence-electron chi connectivity index (χ1n) is 8.85. The minimum Gasteiger partial charge on any atom is -0.496 e. The number of ether oxygens (including phenoxy) is 1. The number of halogens is 6. The topological polar surface area (TPSA) is 44.8 Å². The minimum atomic E-state index is -2.21. The Labute approximate surface area is 184 Å². The van der Waals surface area contributed by atoms with Crippen molar-refractivity contribution in [1.29, 1.82) is 0 Å². The van der Waals surface area contributed by atoms with E-state index in [0.717, 1.165) is 4.90 Å². The largest absolute Gasteiger partial charge is 0.496 e. The van der Waals surface area contributed by atoms with Gasteiger partial charge in [0.25, 0.3) is 5.91 Å². The lowest BCUT2D eigenvalue weighted by Crippen LogP contribution is -2.53. The number of amides is 1. The third-order valence-electron chi connectivity index (χ3n) is 4.70. The summed E-state index contributed by atoms with van der Waals surface area (Å²) in [4.78, 5) is 15.1. The summed E-state index contributed by atoms with van der Waals surface area (Å²) in [5.74, 6) is -10.3. The van der Waals surface area contributed by atoms with E-state index in [0.29, 0.717) is 5.02 Å². The zero-order chi connectivity index (χ0) is 22.9. The molecule has 2 aromatic carbocycles. The van der Waals surface area contributed by atoms with Gasteiger partial charge in [0.05, 0.1) is 12.7 Å². The number of piperazine rings is 1. The van der Waals surface area contributed by atoms with Gasteiger partial charge in [-0.2, -0.15) is 0 Å². The fourth-order valence-electron chi connectivity index (χ4n) is 3.11. The summed E-state index contributed by atoms with van der Waals surface area (Å²) in [6.07, 6.45) is 0. The first-order chi connectivity index (χ1) is 14.6. The van der Waals surface area contributed by atoms with Crippen LogP contribution < -0.4 is 15.0 Å². The number of benzene rings is 2. The Morgan fingerprint density at radius 1 is 1.00 bits per heavy atom. The number of rotatable bonds is 3. The molecule has 1 aliphatic rings. The lowest BCUT2D eigenvalue weighted by Gasteiger charge is -2.37. The van der Waals surface area contributed by atoms with Crippen LogP contribution in [0.3, 0.4) is 0 Å². The Balaban J connectivity index is 1.69. The lowest BCUT2D eigenvalue weighted by atomic mass is 10.2. The first kappa shape index (κ1) is 23.0. The van der Waals surface area contributed by atoms with E-state index in [4.69, 9.17) is 28.6 Å². The molecule has 12 heteroatoms. The van der Waals surface area contributed by atoms with Crippen LogP contribution in [-0.4, -0.2) is 49.2 Å². The average Bonchev–Trinajstić information content (AvgIpc) is 2.76. The average molecular weight is 480 g/mol. The molecular formula is C19H15ClF5N3O2S. The van der Waals surface area contributed by atoms with Gasteiger partial charge in [0.2, 0.25) is 5.82 Å². The molecule has 0 saturated carbocycles. The van der Waals surface area contributed by atoms with Gasteiger partial charge in [0.15, 0.2) is 28.4 Å². The second-order valence-electron chi connectivity index (χ2n) is 6.50. The van der Waals surface area contributed by atoms with E-state index in [9.17, 15) is 26.7 Å². The Morgan fingerprint density at radius 2 is 1.55 bits per heavy atom. The molecule has 31 heavy (non-hydrogen) atoms. The van der Waals surface area contributed by atoms with Crippen molar-refractivity contribution in [3.05, 3.63) is 57.9 Å². The van der Waals surface area contributed by atoms with Crippen molar-refractivity contribution in [2.75, 3.05) is 38.2 Å². The molecule has 0 atom stereocenters. The van der Waals surface area contributed by atoms with Gasteiger partial charge in [0.1, 0.15) is 11.4 Å². The molecular weight excluding hydrogens is 465 g/mol. The third-order valence-corrected chi connectivity index (χ3v) is 5.29. The number of anilines is 1. The van der Waals surface area contributed by atoms with E-state index in [1.165, 1.54) is 24.1 Å². The maximum absolute atomic E-state index is 14.0. The number of nitrogens with one attached hydrogen (secondary N) is 1. The molecule has 1 saturated heterocycles. The highest BCUT2D eigenvalue weighted by atomic mass is 35.5. The molecule has 0 unspecified atom stereocenters. The SMILES string of the molecule is COc1ccc(Cl)cc1C(=O)NC(=S)N1CCN(c2c(F)c(F)c(F)c(F)c2F)CC1. The van der Waals surface area contributed by atoms with Crippen molar-refractivity contribution < 1.29 is 31.5 Å². The summed E-state index contributed by atoms with van der Waals surface area (Å²) >= 11 is 11.1. The second-order valence-corrected chi connectivity index (χ2v) is 7.32. The zero-order valence-electron chi connectivity index (χ0n) is 15.9. The summed E-state index contributed by atoms with van der Waals surface area (Å²) in [5.41, 5.74) is -0.841. The maximum atomic E-state index is 14.0. The van der Waals surface area contributed by atoms with Gasteiger partial charge in [-0.15, -0.1) is 0 Å². The predicted octanol–water partition coefficient (Wildman–Crippen LogP) is 3.88. The van der Waals surface area contributed by atoms with Crippen LogP contribution in [0.15, 0.2) is 18.2 Å². The van der Waals surface area contributed by atoms with Gasteiger partial charge in [-0.25, -0.2) is 22.0 Å². The van der Waals surface area contributed by atoms with E-state index in [2.05, 4.69) is 5.32 Å². The standard InChI is InChI=1S/C19H15ClF5N3O2S/c1-30-11-3-2-9(20)8-10(11)18(29)26-19(31)28-6-4-27(5-7-28)17-15(24)13(22)12(21)14(23)16(17)25/h2-3,8H,4-7H2,1H3,(H,26,29,31). The molecule has 1 heterocycles. The van der Waals surface area contributed by atoms with Crippen LogP contribution in [0.5, 0.6) is 5.75 Å². The zero-order valence-corrected chi connectivity index (χ0v) is 17.5. The number of methoxy groups -OCH3 is 1. The monoisotopic (exact) mass is 479 g/mol. The summed E-state index contributed by atoms with van der Waals surface area (Å²) in [6, 6.07) is 4.47. The quantitative estimate of drug-likeness (QED) is 0.313. The van der Waals surface area contributed by atoms with Crippen molar-refractivity contribution in [2.45, 2.75) is 0 Å². The van der Waals surface area contributed by atoms with Gasteiger partial charge in [-0.3, -0.25) is 10.1 Å². The third kappa shape index (κ3) is 4.52. The summed E-state index contributed by atoms with van der Waals surface area (Å²) in [5, 5.41) is 2.86. The van der Waals surface area contributed by atoms with E-state index >= 15 is 0 Å². The van der Waals surface area contributed by atoms with E-state index < -0.39 is 40.7 Å². The number of nitrogens with zero attached hydrogens (tertiary/aromatic N) is 2. The molecule has 0 aromatic heterocycles. The van der Waals surface area contributed by atoms with E-state index in [-0.39, 0.29) is 42.6 Å². The van der Waals surface area contributed by atoms with E-state index in [1.807, 2.05) is 0 Å². The van der Waals surface area contributed by atoms with Gasteiger partial charge in [0, 0.05) is 31.2 Å². The fourth-order valence-corrected chi connectivity index (χ4v) is 3.55. The summed E-state index contributed by atoms with van der Waals surface area (Å²) in [6.45, 7) is -0.0275. The van der Waals surface area contributed by atoms with Crippen molar-refractivity contribution in [2.24, 2.45) is 0 Å². The van der Waals surface area contributed by atoms with Crippen LogP contribution in [0.4, 0.5) is 27.6 Å². The van der Waals surface area contributed by atoms with Crippen LogP contribution in [0.1, 0.15) is 10.4 Å². The minimum absolute atomic E-state index is 0.0316.